The first kappa shape index (κ1) is 11.3. The van der Waals surface area contributed by atoms with Gasteiger partial charge >= 0.3 is 6.09 Å². The van der Waals surface area contributed by atoms with Gasteiger partial charge in [0, 0.05) is 19.6 Å². The minimum absolute atomic E-state index is 0.0291. The van der Waals surface area contributed by atoms with E-state index >= 15 is 0 Å². The van der Waals surface area contributed by atoms with Gasteiger partial charge in [0.2, 0.25) is 0 Å². The highest BCUT2D eigenvalue weighted by atomic mass is 16.6. The van der Waals surface area contributed by atoms with Crippen molar-refractivity contribution in [2.75, 3.05) is 19.6 Å². The van der Waals surface area contributed by atoms with Crippen LogP contribution in [0.3, 0.4) is 0 Å². The Labute approximate surface area is 84.6 Å². The van der Waals surface area contributed by atoms with Crippen LogP contribution in [-0.2, 0) is 4.74 Å². The van der Waals surface area contributed by atoms with Crippen molar-refractivity contribution in [3.8, 4) is 0 Å². The summed E-state index contributed by atoms with van der Waals surface area (Å²) < 4.78 is 5.12. The summed E-state index contributed by atoms with van der Waals surface area (Å²) in [5, 5.41) is 9.07. The van der Waals surface area contributed by atoms with Crippen molar-refractivity contribution in [3.05, 3.63) is 0 Å². The molecule has 14 heavy (non-hydrogen) atoms. The Bertz CT molecular complexity index is 195. The predicted octanol–water partition coefficient (Wildman–Crippen LogP) is 0.0300. The van der Waals surface area contributed by atoms with Crippen LogP contribution in [0.4, 0.5) is 4.79 Å². The molecule has 0 saturated carbocycles. The number of alkyl carbamates (subject to hydrolysis) is 1. The lowest BCUT2D eigenvalue weighted by molar-refractivity contribution is 0.0490. The maximum Gasteiger partial charge on any atom is 0.408 e. The third-order valence-electron chi connectivity index (χ3n) is 1.73. The number of rotatable bonds is 1. The van der Waals surface area contributed by atoms with E-state index in [4.69, 9.17) is 4.74 Å². The molecular weight excluding hydrogens is 182 g/mol. The van der Waals surface area contributed by atoms with Gasteiger partial charge < -0.3 is 15.4 Å². The van der Waals surface area contributed by atoms with E-state index in [1.54, 1.807) is 0 Å². The van der Waals surface area contributed by atoms with Crippen LogP contribution in [0.1, 0.15) is 20.8 Å². The van der Waals surface area contributed by atoms with Gasteiger partial charge in [0.05, 0.1) is 6.17 Å². The highest BCUT2D eigenvalue weighted by Crippen LogP contribution is 2.06. The molecule has 0 aromatic carbocycles. The van der Waals surface area contributed by atoms with Gasteiger partial charge in [-0.1, -0.05) is 0 Å². The molecule has 5 nitrogen and oxygen atoms in total. The second-order valence-electron chi connectivity index (χ2n) is 4.36. The van der Waals surface area contributed by atoms with E-state index in [2.05, 4.69) is 16.0 Å². The molecule has 0 aromatic heterocycles. The Kier molecular flexibility index (Phi) is 3.71. The second-order valence-corrected chi connectivity index (χ2v) is 4.36. The monoisotopic (exact) mass is 201 g/mol. The average molecular weight is 201 g/mol. The van der Waals surface area contributed by atoms with Crippen molar-refractivity contribution in [1.82, 2.24) is 16.0 Å². The molecule has 1 amide bonds. The molecule has 0 radical (unpaired) electrons. The van der Waals surface area contributed by atoms with Crippen molar-refractivity contribution in [1.29, 1.82) is 0 Å². The largest absolute Gasteiger partial charge is 0.444 e. The van der Waals surface area contributed by atoms with E-state index in [0.717, 1.165) is 19.6 Å². The molecule has 0 spiro atoms. The van der Waals surface area contributed by atoms with E-state index in [1.807, 2.05) is 20.8 Å². The lowest BCUT2D eigenvalue weighted by Crippen LogP contribution is -2.57. The lowest BCUT2D eigenvalue weighted by atomic mass is 10.2. The fourth-order valence-corrected chi connectivity index (χ4v) is 1.21. The third kappa shape index (κ3) is 4.43. The summed E-state index contributed by atoms with van der Waals surface area (Å²) in [5.41, 5.74) is -0.438. The molecule has 1 heterocycles. The minimum atomic E-state index is -0.438. The summed E-state index contributed by atoms with van der Waals surface area (Å²) >= 11 is 0. The van der Waals surface area contributed by atoms with Crippen LogP contribution in [0, 0.1) is 0 Å². The first-order valence-corrected chi connectivity index (χ1v) is 4.91. The van der Waals surface area contributed by atoms with Gasteiger partial charge in [-0.2, -0.15) is 0 Å². The Morgan fingerprint density at radius 1 is 1.43 bits per heavy atom. The molecule has 3 N–H and O–H groups in total. The maximum atomic E-state index is 11.3. The zero-order valence-electron chi connectivity index (χ0n) is 9.02. The molecule has 1 saturated heterocycles. The minimum Gasteiger partial charge on any atom is -0.444 e. The van der Waals surface area contributed by atoms with Gasteiger partial charge in [0.25, 0.3) is 0 Å². The second kappa shape index (κ2) is 4.61. The van der Waals surface area contributed by atoms with Crippen LogP contribution >= 0.6 is 0 Å². The zero-order valence-corrected chi connectivity index (χ0v) is 9.02. The summed E-state index contributed by atoms with van der Waals surface area (Å²) in [7, 11) is 0. The number of ether oxygens (including phenoxy) is 1. The average Bonchev–Trinajstić information content (AvgIpc) is 2.02. The van der Waals surface area contributed by atoms with Gasteiger partial charge in [-0.25, -0.2) is 4.79 Å². The molecule has 1 atom stereocenters. The number of hydrogen-bond acceptors (Lipinski definition) is 4. The van der Waals surface area contributed by atoms with Gasteiger partial charge in [-0.05, 0) is 20.8 Å². The lowest BCUT2D eigenvalue weighted by Gasteiger charge is -2.27. The molecule has 0 aliphatic carbocycles. The number of amides is 1. The summed E-state index contributed by atoms with van der Waals surface area (Å²) in [6.45, 7) is 8.07. The summed E-state index contributed by atoms with van der Waals surface area (Å²) in [6, 6.07) is 0. The molecule has 5 heteroatoms. The van der Waals surface area contributed by atoms with Crippen LogP contribution < -0.4 is 16.0 Å². The Balaban J connectivity index is 2.25. The highest BCUT2D eigenvalue weighted by Gasteiger charge is 2.19. The maximum absolute atomic E-state index is 11.3. The normalized spacial score (nSPS) is 22.9. The van der Waals surface area contributed by atoms with Crippen LogP contribution in [0.5, 0.6) is 0 Å². The fraction of sp³-hybridized carbons (Fsp3) is 0.889. The molecule has 0 aromatic rings. The zero-order chi connectivity index (χ0) is 10.6. The quantitative estimate of drug-likeness (QED) is 0.560. The molecular formula is C9H19N3O2. The standard InChI is InChI=1S/C9H19N3O2/c1-9(2,3)14-8(13)12-7-6-10-4-5-11-7/h7,10-11H,4-6H2,1-3H3,(H,12,13)/t7-/m1/s1. The van der Waals surface area contributed by atoms with Gasteiger partial charge in [-0.15, -0.1) is 0 Å². The molecule has 1 rings (SSSR count). The first-order chi connectivity index (χ1) is 6.47. The molecule has 82 valence electrons. The highest BCUT2D eigenvalue weighted by molar-refractivity contribution is 5.68. The molecule has 0 unspecified atom stereocenters. The smallest absolute Gasteiger partial charge is 0.408 e. The van der Waals surface area contributed by atoms with E-state index in [9.17, 15) is 4.79 Å². The Hall–Kier alpha value is -0.810. The predicted molar refractivity (Wildman–Crippen MR) is 54.0 cm³/mol. The first-order valence-electron chi connectivity index (χ1n) is 4.91. The summed E-state index contributed by atoms with van der Waals surface area (Å²) in [5.74, 6) is 0. The third-order valence-corrected chi connectivity index (χ3v) is 1.73. The van der Waals surface area contributed by atoms with E-state index in [-0.39, 0.29) is 12.3 Å². The van der Waals surface area contributed by atoms with Crippen molar-refractivity contribution in [2.24, 2.45) is 0 Å². The molecule has 0 bridgehead atoms. The van der Waals surface area contributed by atoms with E-state index in [1.165, 1.54) is 0 Å². The molecule has 1 fully saturated rings. The van der Waals surface area contributed by atoms with Crippen LogP contribution in [0.2, 0.25) is 0 Å². The van der Waals surface area contributed by atoms with E-state index < -0.39 is 5.60 Å². The van der Waals surface area contributed by atoms with Gasteiger partial charge in [0.1, 0.15) is 5.60 Å². The Morgan fingerprint density at radius 3 is 2.64 bits per heavy atom. The van der Waals surface area contributed by atoms with Crippen LogP contribution in [0.25, 0.3) is 0 Å². The number of carbonyl (C=O) groups excluding carboxylic acids is 1. The SMILES string of the molecule is CC(C)(C)OC(=O)N[C@@H]1CNCCN1. The number of piperazine rings is 1. The molecule has 1 aliphatic heterocycles. The van der Waals surface area contributed by atoms with Gasteiger partial charge in [0.15, 0.2) is 0 Å². The van der Waals surface area contributed by atoms with Crippen LogP contribution in [0.15, 0.2) is 0 Å². The number of hydrogen-bond donors (Lipinski definition) is 3. The Morgan fingerprint density at radius 2 is 2.14 bits per heavy atom. The molecule has 1 aliphatic rings. The van der Waals surface area contributed by atoms with E-state index in [0.29, 0.717) is 0 Å². The summed E-state index contributed by atoms with van der Waals surface area (Å²) in [4.78, 5) is 11.3. The summed E-state index contributed by atoms with van der Waals surface area (Å²) in [6.07, 6.45) is -0.405. The number of carbonyl (C=O) groups is 1. The van der Waals surface area contributed by atoms with Crippen molar-refractivity contribution >= 4 is 6.09 Å². The van der Waals surface area contributed by atoms with Crippen molar-refractivity contribution in [3.63, 3.8) is 0 Å². The van der Waals surface area contributed by atoms with Crippen molar-refractivity contribution in [2.45, 2.75) is 32.5 Å². The van der Waals surface area contributed by atoms with Crippen LogP contribution in [-0.4, -0.2) is 37.5 Å². The van der Waals surface area contributed by atoms with Crippen molar-refractivity contribution < 1.29 is 9.53 Å². The van der Waals surface area contributed by atoms with Gasteiger partial charge in [-0.3, -0.25) is 5.32 Å². The fourth-order valence-electron chi connectivity index (χ4n) is 1.21. The topological polar surface area (TPSA) is 62.4 Å². The number of nitrogens with one attached hydrogen (secondary N) is 3.